The number of hydrogen-bond donors (Lipinski definition) is 0. The topological polar surface area (TPSA) is 9.23 Å². The molecule has 124 valence electrons. The summed E-state index contributed by atoms with van der Waals surface area (Å²) in [7, 11) is -0.0885. The van der Waals surface area contributed by atoms with E-state index in [4.69, 9.17) is 16.3 Å². The van der Waals surface area contributed by atoms with Crippen LogP contribution in [0, 0.1) is 0 Å². The molecule has 22 heavy (non-hydrogen) atoms. The molecular formula is C18H28BrClOSi. The Hall–Kier alpha value is -0.253. The van der Waals surface area contributed by atoms with Crippen LogP contribution in [0.2, 0.25) is 16.6 Å². The van der Waals surface area contributed by atoms with Crippen LogP contribution in [0.1, 0.15) is 47.1 Å². The lowest BCUT2D eigenvalue weighted by Crippen LogP contribution is -2.45. The summed E-state index contributed by atoms with van der Waals surface area (Å²) in [6, 6.07) is 7.98. The van der Waals surface area contributed by atoms with E-state index in [0.717, 1.165) is 16.3 Å². The van der Waals surface area contributed by atoms with Crippen LogP contribution < -0.4 is 4.74 Å². The third-order valence-corrected chi connectivity index (χ3v) is 14.8. The van der Waals surface area contributed by atoms with E-state index in [2.05, 4.69) is 57.5 Å². The van der Waals surface area contributed by atoms with Crippen LogP contribution in [-0.2, 0) is 0 Å². The number of methoxy groups -OCH3 is 1. The molecule has 0 aliphatic carbocycles. The van der Waals surface area contributed by atoms with Gasteiger partial charge in [0.1, 0.15) is 13.8 Å². The summed E-state index contributed by atoms with van der Waals surface area (Å²) in [5, 5.41) is 0.852. The molecule has 0 aliphatic heterocycles. The normalized spacial score (nSPS) is 13.8. The Morgan fingerprint density at radius 3 is 1.68 bits per heavy atom. The Kier molecular flexibility index (Phi) is 7.22. The van der Waals surface area contributed by atoms with E-state index in [-0.39, 0.29) is 0 Å². The number of benzene rings is 1. The van der Waals surface area contributed by atoms with Crippen molar-refractivity contribution < 1.29 is 4.74 Å². The van der Waals surface area contributed by atoms with Gasteiger partial charge >= 0.3 is 0 Å². The lowest BCUT2D eigenvalue weighted by Gasteiger charge is -2.43. The van der Waals surface area contributed by atoms with Gasteiger partial charge in [0.25, 0.3) is 0 Å². The molecule has 0 radical (unpaired) electrons. The molecule has 4 heteroatoms. The smallest absolute Gasteiger partial charge is 0.118 e. The van der Waals surface area contributed by atoms with Gasteiger partial charge in [-0.3, -0.25) is 0 Å². The highest BCUT2D eigenvalue weighted by molar-refractivity contribution is 9.12. The average Bonchev–Trinajstić information content (AvgIpc) is 2.45. The molecular weight excluding hydrogens is 376 g/mol. The largest absolute Gasteiger partial charge is 0.497 e. The molecule has 0 aromatic heterocycles. The van der Waals surface area contributed by atoms with Crippen molar-refractivity contribution in [3.8, 4) is 5.75 Å². The van der Waals surface area contributed by atoms with Gasteiger partial charge in [0.2, 0.25) is 0 Å². The second-order valence-electron chi connectivity index (χ2n) is 6.75. The first-order valence-electron chi connectivity index (χ1n) is 7.89. The zero-order valence-corrected chi connectivity index (χ0v) is 18.0. The van der Waals surface area contributed by atoms with E-state index in [1.807, 2.05) is 24.3 Å². The zero-order chi connectivity index (χ0) is 17.1. The van der Waals surface area contributed by atoms with E-state index in [1.165, 1.54) is 4.11 Å². The highest BCUT2D eigenvalue weighted by Crippen LogP contribution is 2.51. The lowest BCUT2D eigenvalue weighted by atomic mass is 10.2. The number of hydrogen-bond acceptors (Lipinski definition) is 1. The highest BCUT2D eigenvalue weighted by Gasteiger charge is 2.46. The molecule has 0 heterocycles. The maximum atomic E-state index is 6.80. The van der Waals surface area contributed by atoms with Crippen molar-refractivity contribution in [2.24, 2.45) is 0 Å². The van der Waals surface area contributed by atoms with Crippen LogP contribution in [0.25, 0.3) is 5.03 Å². The summed E-state index contributed by atoms with van der Waals surface area (Å²) >= 11 is 10.7. The Balaban J connectivity index is 3.45. The molecule has 0 unspecified atom stereocenters. The second-order valence-corrected chi connectivity index (χ2v) is 14.5. The molecule has 0 atom stereocenters. The molecule has 0 amide bonds. The summed E-state index contributed by atoms with van der Waals surface area (Å²) in [4.78, 5) is 0. The molecule has 1 aromatic carbocycles. The van der Waals surface area contributed by atoms with Crippen LogP contribution in [0.5, 0.6) is 5.75 Å². The second kappa shape index (κ2) is 8.03. The molecule has 1 aromatic rings. The monoisotopic (exact) mass is 402 g/mol. The van der Waals surface area contributed by atoms with Crippen molar-refractivity contribution >= 4 is 40.6 Å². The van der Waals surface area contributed by atoms with E-state index in [1.54, 1.807) is 7.11 Å². The Morgan fingerprint density at radius 2 is 1.36 bits per heavy atom. The standard InChI is InChI=1S/C18H28BrClOSi/c1-12(2)22(13(3)4,14(5)6)18(19)17(20)15-8-10-16(21-7)11-9-15/h8-14H,1-7H3/b18-17-. The minimum absolute atomic E-state index is 0.619. The molecule has 1 nitrogen and oxygen atoms in total. The quantitative estimate of drug-likeness (QED) is 0.456. The fourth-order valence-electron chi connectivity index (χ4n) is 3.81. The first-order chi connectivity index (χ1) is 10.2. The van der Waals surface area contributed by atoms with Crippen molar-refractivity contribution in [2.75, 3.05) is 7.11 Å². The van der Waals surface area contributed by atoms with Gasteiger partial charge in [-0.05, 0) is 46.5 Å². The van der Waals surface area contributed by atoms with Gasteiger partial charge in [0.05, 0.1) is 12.1 Å². The highest BCUT2D eigenvalue weighted by atomic mass is 79.9. The fourth-order valence-corrected chi connectivity index (χ4v) is 14.8. The minimum atomic E-state index is -1.77. The summed E-state index contributed by atoms with van der Waals surface area (Å²) in [6.07, 6.45) is 0. The fraction of sp³-hybridized carbons (Fsp3) is 0.556. The van der Waals surface area contributed by atoms with E-state index in [0.29, 0.717) is 16.6 Å². The van der Waals surface area contributed by atoms with Crippen molar-refractivity contribution in [3.05, 3.63) is 33.9 Å². The zero-order valence-electron chi connectivity index (χ0n) is 14.7. The van der Waals surface area contributed by atoms with Gasteiger partial charge in [0.15, 0.2) is 0 Å². The number of halogens is 2. The van der Waals surface area contributed by atoms with Crippen LogP contribution in [0.3, 0.4) is 0 Å². The van der Waals surface area contributed by atoms with Crippen LogP contribution in [0.15, 0.2) is 28.4 Å². The molecule has 0 saturated carbocycles. The molecule has 1 rings (SSSR count). The summed E-state index contributed by atoms with van der Waals surface area (Å²) < 4.78 is 6.47. The lowest BCUT2D eigenvalue weighted by molar-refractivity contribution is 0.415. The first-order valence-corrected chi connectivity index (χ1v) is 11.3. The number of rotatable bonds is 6. The van der Waals surface area contributed by atoms with Crippen LogP contribution in [-0.4, -0.2) is 15.2 Å². The van der Waals surface area contributed by atoms with Gasteiger partial charge in [-0.1, -0.05) is 69.1 Å². The molecule has 0 fully saturated rings. The van der Waals surface area contributed by atoms with Crippen LogP contribution in [0.4, 0.5) is 0 Å². The molecule has 0 aliphatic rings. The maximum Gasteiger partial charge on any atom is 0.118 e. The minimum Gasteiger partial charge on any atom is -0.497 e. The Morgan fingerprint density at radius 1 is 0.955 bits per heavy atom. The van der Waals surface area contributed by atoms with Gasteiger partial charge in [-0.2, -0.15) is 0 Å². The predicted molar refractivity (Wildman–Crippen MR) is 106 cm³/mol. The van der Waals surface area contributed by atoms with E-state index < -0.39 is 8.07 Å². The van der Waals surface area contributed by atoms with E-state index in [9.17, 15) is 0 Å². The average molecular weight is 404 g/mol. The van der Waals surface area contributed by atoms with Gasteiger partial charge in [0, 0.05) is 4.11 Å². The third-order valence-electron chi connectivity index (χ3n) is 4.78. The SMILES string of the molecule is COc1ccc(/C(Cl)=C(\Br)[Si](C(C)C)(C(C)C)C(C)C)cc1. The summed E-state index contributed by atoms with van der Waals surface area (Å²) in [5.74, 6) is 0.851. The predicted octanol–water partition coefficient (Wildman–Crippen LogP) is 7.22. The van der Waals surface area contributed by atoms with Crippen LogP contribution >= 0.6 is 27.5 Å². The van der Waals surface area contributed by atoms with E-state index >= 15 is 0 Å². The summed E-state index contributed by atoms with van der Waals surface area (Å²) in [5.41, 5.74) is 2.91. The maximum absolute atomic E-state index is 6.80. The molecule has 0 bridgehead atoms. The number of ether oxygens (including phenoxy) is 1. The Labute approximate surface area is 150 Å². The molecule has 0 N–H and O–H groups in total. The van der Waals surface area contributed by atoms with Crippen molar-refractivity contribution in [1.29, 1.82) is 0 Å². The third kappa shape index (κ3) is 3.63. The summed E-state index contributed by atoms with van der Waals surface area (Å²) in [6.45, 7) is 14.0. The van der Waals surface area contributed by atoms with Crippen molar-refractivity contribution in [2.45, 2.75) is 58.2 Å². The van der Waals surface area contributed by atoms with Gasteiger partial charge in [-0.15, -0.1) is 0 Å². The first kappa shape index (κ1) is 19.8. The van der Waals surface area contributed by atoms with Gasteiger partial charge < -0.3 is 4.74 Å². The Bertz CT molecular complexity index is 499. The molecule has 0 saturated heterocycles. The molecule has 0 spiro atoms. The van der Waals surface area contributed by atoms with Crippen molar-refractivity contribution in [1.82, 2.24) is 0 Å². The van der Waals surface area contributed by atoms with Crippen molar-refractivity contribution in [3.63, 3.8) is 0 Å². The van der Waals surface area contributed by atoms with Gasteiger partial charge in [-0.25, -0.2) is 0 Å².